The summed E-state index contributed by atoms with van der Waals surface area (Å²) >= 11 is 0. The second-order valence-corrected chi connectivity index (χ2v) is 7.55. The number of rotatable bonds is 2. The minimum absolute atomic E-state index is 0.387. The number of hydrogen-bond donors (Lipinski definition) is 1. The standard InChI is InChI=1S/C22H23NO/c1-21(2)19-10-6-7-11-20(19)22(3,23(21)24)15-16-12-13-17-8-4-5-9-18(17)14-16/h4-14,24H,15H2,1-3H3. The van der Waals surface area contributed by atoms with Gasteiger partial charge in [0.05, 0.1) is 11.1 Å². The number of hydrogen-bond acceptors (Lipinski definition) is 2. The van der Waals surface area contributed by atoms with Gasteiger partial charge in [-0.3, -0.25) is 0 Å². The van der Waals surface area contributed by atoms with E-state index in [9.17, 15) is 5.21 Å². The van der Waals surface area contributed by atoms with Gasteiger partial charge >= 0.3 is 0 Å². The summed E-state index contributed by atoms with van der Waals surface area (Å²) < 4.78 is 0. The van der Waals surface area contributed by atoms with Crippen LogP contribution >= 0.6 is 0 Å². The van der Waals surface area contributed by atoms with Crippen molar-refractivity contribution >= 4 is 10.8 Å². The minimum Gasteiger partial charge on any atom is -0.312 e. The van der Waals surface area contributed by atoms with Crippen molar-refractivity contribution in [3.8, 4) is 0 Å². The predicted molar refractivity (Wildman–Crippen MR) is 98.1 cm³/mol. The fraction of sp³-hybridized carbons (Fsp3) is 0.273. The summed E-state index contributed by atoms with van der Waals surface area (Å²) in [6.07, 6.45) is 0.773. The van der Waals surface area contributed by atoms with Crippen molar-refractivity contribution in [3.63, 3.8) is 0 Å². The highest BCUT2D eigenvalue weighted by Crippen LogP contribution is 2.49. The Labute approximate surface area is 143 Å². The van der Waals surface area contributed by atoms with Crippen molar-refractivity contribution in [1.29, 1.82) is 0 Å². The van der Waals surface area contributed by atoms with Crippen LogP contribution in [0, 0.1) is 0 Å². The van der Waals surface area contributed by atoms with E-state index in [0.29, 0.717) is 0 Å². The van der Waals surface area contributed by atoms with Crippen LogP contribution in [-0.4, -0.2) is 10.3 Å². The molecule has 0 saturated carbocycles. The molecule has 0 fully saturated rings. The summed E-state index contributed by atoms with van der Waals surface area (Å²) in [6.45, 7) is 6.30. The maximum Gasteiger partial charge on any atom is 0.0734 e. The van der Waals surface area contributed by atoms with Gasteiger partial charge in [0, 0.05) is 0 Å². The fourth-order valence-electron chi connectivity index (χ4n) is 4.25. The smallest absolute Gasteiger partial charge is 0.0734 e. The van der Waals surface area contributed by atoms with Crippen molar-refractivity contribution < 1.29 is 5.21 Å². The van der Waals surface area contributed by atoms with E-state index < -0.39 is 5.54 Å². The van der Waals surface area contributed by atoms with E-state index in [1.807, 2.05) is 0 Å². The van der Waals surface area contributed by atoms with Crippen LogP contribution in [0.4, 0.5) is 0 Å². The Morgan fingerprint density at radius 3 is 2.17 bits per heavy atom. The zero-order valence-electron chi connectivity index (χ0n) is 14.5. The molecule has 0 aromatic heterocycles. The van der Waals surface area contributed by atoms with Crippen LogP contribution < -0.4 is 0 Å². The Bertz CT molecular complexity index is 914. The SMILES string of the molecule is CC1(C)c2ccccc2C(C)(Cc2ccc3ccccc3c2)N1O. The molecule has 1 aliphatic rings. The fourth-order valence-corrected chi connectivity index (χ4v) is 4.25. The lowest BCUT2D eigenvalue weighted by molar-refractivity contribution is -0.221. The third-order valence-electron chi connectivity index (χ3n) is 5.53. The van der Waals surface area contributed by atoms with Crippen molar-refractivity contribution in [2.75, 3.05) is 0 Å². The number of hydroxylamine groups is 2. The van der Waals surface area contributed by atoms with Crippen molar-refractivity contribution in [1.82, 2.24) is 5.06 Å². The van der Waals surface area contributed by atoms with Crippen LogP contribution in [0.15, 0.2) is 66.7 Å². The summed E-state index contributed by atoms with van der Waals surface area (Å²) in [5.74, 6) is 0. The number of fused-ring (bicyclic) bond motifs is 2. The Morgan fingerprint density at radius 2 is 1.42 bits per heavy atom. The van der Waals surface area contributed by atoms with Gasteiger partial charge in [0.2, 0.25) is 0 Å². The molecular weight excluding hydrogens is 294 g/mol. The zero-order chi connectivity index (χ0) is 16.9. The van der Waals surface area contributed by atoms with Crippen molar-refractivity contribution in [2.45, 2.75) is 38.3 Å². The van der Waals surface area contributed by atoms with Gasteiger partial charge in [-0.25, -0.2) is 0 Å². The Hall–Kier alpha value is -2.16. The molecule has 24 heavy (non-hydrogen) atoms. The molecule has 0 bridgehead atoms. The molecular formula is C22H23NO. The maximum atomic E-state index is 11.0. The second-order valence-electron chi connectivity index (χ2n) is 7.55. The summed E-state index contributed by atoms with van der Waals surface area (Å²) in [4.78, 5) is 0. The first-order chi connectivity index (χ1) is 11.4. The molecule has 3 aromatic carbocycles. The van der Waals surface area contributed by atoms with Crippen LogP contribution in [0.1, 0.15) is 37.5 Å². The van der Waals surface area contributed by atoms with Gasteiger partial charge in [0.15, 0.2) is 0 Å². The Kier molecular flexibility index (Phi) is 3.31. The molecule has 0 radical (unpaired) electrons. The normalized spacial score (nSPS) is 22.7. The highest BCUT2D eigenvalue weighted by Gasteiger charge is 2.51. The summed E-state index contributed by atoms with van der Waals surface area (Å²) in [5.41, 5.74) is 2.84. The van der Waals surface area contributed by atoms with Gasteiger partial charge in [-0.2, -0.15) is 5.06 Å². The first kappa shape index (κ1) is 15.4. The Balaban J connectivity index is 1.80. The molecule has 2 nitrogen and oxygen atoms in total. The zero-order valence-corrected chi connectivity index (χ0v) is 14.5. The van der Waals surface area contributed by atoms with Crippen LogP contribution in [0.5, 0.6) is 0 Å². The molecule has 0 saturated heterocycles. The monoisotopic (exact) mass is 317 g/mol. The average molecular weight is 317 g/mol. The van der Waals surface area contributed by atoms with Gasteiger partial charge in [0.1, 0.15) is 0 Å². The average Bonchev–Trinajstić information content (AvgIpc) is 2.74. The summed E-state index contributed by atoms with van der Waals surface area (Å²) in [6, 6.07) is 23.4. The third-order valence-corrected chi connectivity index (χ3v) is 5.53. The highest BCUT2D eigenvalue weighted by atomic mass is 16.5. The van der Waals surface area contributed by atoms with Gasteiger partial charge in [-0.05, 0) is 54.7 Å². The lowest BCUT2D eigenvalue weighted by Crippen LogP contribution is -2.45. The van der Waals surface area contributed by atoms with E-state index in [0.717, 1.165) is 6.42 Å². The molecule has 3 aromatic rings. The van der Waals surface area contributed by atoms with Gasteiger partial charge < -0.3 is 5.21 Å². The molecule has 2 heteroatoms. The maximum absolute atomic E-state index is 11.0. The van der Waals surface area contributed by atoms with E-state index in [1.165, 1.54) is 27.5 Å². The molecule has 4 rings (SSSR count). The minimum atomic E-state index is -0.428. The molecule has 1 aliphatic heterocycles. The van der Waals surface area contributed by atoms with E-state index >= 15 is 0 Å². The lowest BCUT2D eigenvalue weighted by Gasteiger charge is -2.37. The molecule has 1 N–H and O–H groups in total. The molecule has 0 aliphatic carbocycles. The van der Waals surface area contributed by atoms with Crippen LogP contribution in [-0.2, 0) is 17.5 Å². The molecule has 1 heterocycles. The van der Waals surface area contributed by atoms with E-state index in [2.05, 4.69) is 87.5 Å². The third kappa shape index (κ3) is 2.10. The molecule has 1 atom stereocenters. The van der Waals surface area contributed by atoms with Gasteiger partial charge in [0.25, 0.3) is 0 Å². The van der Waals surface area contributed by atoms with Crippen LogP contribution in [0.3, 0.4) is 0 Å². The van der Waals surface area contributed by atoms with Crippen molar-refractivity contribution in [3.05, 3.63) is 83.4 Å². The van der Waals surface area contributed by atoms with E-state index in [-0.39, 0.29) is 5.54 Å². The van der Waals surface area contributed by atoms with Crippen molar-refractivity contribution in [2.24, 2.45) is 0 Å². The largest absolute Gasteiger partial charge is 0.312 e. The van der Waals surface area contributed by atoms with Crippen LogP contribution in [0.25, 0.3) is 10.8 Å². The summed E-state index contributed by atoms with van der Waals surface area (Å²) in [7, 11) is 0. The van der Waals surface area contributed by atoms with Gasteiger partial charge in [-0.15, -0.1) is 0 Å². The first-order valence-electron chi connectivity index (χ1n) is 8.50. The first-order valence-corrected chi connectivity index (χ1v) is 8.50. The van der Waals surface area contributed by atoms with Gasteiger partial charge in [-0.1, -0.05) is 66.7 Å². The van der Waals surface area contributed by atoms with Crippen LogP contribution in [0.2, 0.25) is 0 Å². The predicted octanol–water partition coefficient (Wildman–Crippen LogP) is 5.24. The number of benzene rings is 3. The number of nitrogens with zero attached hydrogens (tertiary/aromatic N) is 1. The topological polar surface area (TPSA) is 23.5 Å². The quantitative estimate of drug-likeness (QED) is 0.699. The molecule has 1 unspecified atom stereocenters. The molecule has 0 amide bonds. The molecule has 122 valence electrons. The van der Waals surface area contributed by atoms with E-state index in [1.54, 1.807) is 5.06 Å². The Morgan fingerprint density at radius 1 is 0.792 bits per heavy atom. The van der Waals surface area contributed by atoms with E-state index in [4.69, 9.17) is 0 Å². The summed E-state index contributed by atoms with van der Waals surface area (Å²) in [5, 5.41) is 15.0. The molecule has 0 spiro atoms. The highest BCUT2D eigenvalue weighted by molar-refractivity contribution is 5.83. The lowest BCUT2D eigenvalue weighted by atomic mass is 9.85. The second kappa shape index (κ2) is 5.17.